The van der Waals surface area contributed by atoms with Crippen LogP contribution in [-0.4, -0.2) is 27.8 Å². The van der Waals surface area contributed by atoms with Crippen molar-refractivity contribution < 1.29 is 13.9 Å². The topological polar surface area (TPSA) is 65.2 Å². The van der Waals surface area contributed by atoms with E-state index in [9.17, 15) is 4.79 Å². The minimum Gasteiger partial charge on any atom is -0.494 e. The Morgan fingerprint density at radius 3 is 2.41 bits per heavy atom. The van der Waals surface area contributed by atoms with Gasteiger partial charge in [-0.05, 0) is 50.1 Å². The van der Waals surface area contributed by atoms with Crippen LogP contribution in [0.4, 0.5) is 0 Å². The molecule has 3 aromatic rings. The van der Waals surface area contributed by atoms with Crippen molar-refractivity contribution in [1.82, 2.24) is 10.2 Å². The van der Waals surface area contributed by atoms with Gasteiger partial charge < -0.3 is 9.15 Å². The molecule has 1 atom stereocenters. The summed E-state index contributed by atoms with van der Waals surface area (Å²) >= 11 is 1.27. The van der Waals surface area contributed by atoms with E-state index in [4.69, 9.17) is 9.15 Å². The molecule has 1 heterocycles. The van der Waals surface area contributed by atoms with Crippen LogP contribution >= 0.6 is 11.8 Å². The molecule has 5 nitrogen and oxygen atoms in total. The number of ketones is 1. The zero-order chi connectivity index (χ0) is 19.2. The molecule has 1 aromatic heterocycles. The van der Waals surface area contributed by atoms with Gasteiger partial charge in [0.25, 0.3) is 5.22 Å². The number of nitrogens with zero attached hydrogens (tertiary/aromatic N) is 2. The van der Waals surface area contributed by atoms with Gasteiger partial charge in [-0.3, -0.25) is 4.79 Å². The largest absolute Gasteiger partial charge is 0.494 e. The maximum atomic E-state index is 12.6. The van der Waals surface area contributed by atoms with Crippen molar-refractivity contribution in [2.45, 2.75) is 37.7 Å². The number of carbonyl (C=O) groups excluding carboxylic acids is 1. The molecule has 0 radical (unpaired) electrons. The summed E-state index contributed by atoms with van der Waals surface area (Å²) in [6.07, 6.45) is 0.953. The standard InChI is InChI=1S/C21H22N2O3S/c1-4-15-6-8-16(9-7-15)19(24)14(3)27-21-23-22-20(26-21)17-10-12-18(13-11-17)25-5-2/h6-14H,4-5H2,1-3H3/t14-/m0/s1. The number of ether oxygens (including phenoxy) is 1. The summed E-state index contributed by atoms with van der Waals surface area (Å²) in [4.78, 5) is 12.6. The number of benzene rings is 2. The van der Waals surface area contributed by atoms with E-state index in [1.807, 2.05) is 62.4 Å². The number of Topliss-reactive ketones (excluding diaryl/α,β-unsaturated/α-hetero) is 1. The number of carbonyl (C=O) groups is 1. The third-order valence-corrected chi connectivity index (χ3v) is 5.05. The molecule has 2 aromatic carbocycles. The van der Waals surface area contributed by atoms with E-state index >= 15 is 0 Å². The molecule has 0 bridgehead atoms. The van der Waals surface area contributed by atoms with Gasteiger partial charge >= 0.3 is 0 Å². The summed E-state index contributed by atoms with van der Waals surface area (Å²) in [6.45, 7) is 6.50. The lowest BCUT2D eigenvalue weighted by Gasteiger charge is -2.08. The van der Waals surface area contributed by atoms with Crippen LogP contribution in [0, 0.1) is 0 Å². The van der Waals surface area contributed by atoms with Crippen molar-refractivity contribution in [2.24, 2.45) is 0 Å². The van der Waals surface area contributed by atoms with Gasteiger partial charge in [0.05, 0.1) is 11.9 Å². The molecule has 6 heteroatoms. The predicted octanol–water partition coefficient (Wildman–Crippen LogP) is 5.06. The molecular formula is C21H22N2O3S. The Bertz CT molecular complexity index is 889. The second-order valence-electron chi connectivity index (χ2n) is 6.01. The summed E-state index contributed by atoms with van der Waals surface area (Å²) in [7, 11) is 0. The van der Waals surface area contributed by atoms with E-state index in [0.29, 0.717) is 23.3 Å². The Labute approximate surface area is 163 Å². The van der Waals surface area contributed by atoms with Crippen molar-refractivity contribution in [3.8, 4) is 17.2 Å². The van der Waals surface area contributed by atoms with Crippen molar-refractivity contribution in [3.05, 3.63) is 59.7 Å². The summed E-state index contributed by atoms with van der Waals surface area (Å²) in [6, 6.07) is 15.2. The van der Waals surface area contributed by atoms with E-state index in [0.717, 1.165) is 17.7 Å². The van der Waals surface area contributed by atoms with E-state index in [-0.39, 0.29) is 11.0 Å². The zero-order valence-corrected chi connectivity index (χ0v) is 16.5. The Morgan fingerprint density at radius 2 is 1.78 bits per heavy atom. The maximum Gasteiger partial charge on any atom is 0.277 e. The highest BCUT2D eigenvalue weighted by Gasteiger charge is 2.20. The van der Waals surface area contributed by atoms with Crippen molar-refractivity contribution >= 4 is 17.5 Å². The molecule has 0 aliphatic rings. The zero-order valence-electron chi connectivity index (χ0n) is 15.6. The second-order valence-corrected chi connectivity index (χ2v) is 7.30. The average Bonchev–Trinajstić information content (AvgIpc) is 3.16. The van der Waals surface area contributed by atoms with Crippen molar-refractivity contribution in [3.63, 3.8) is 0 Å². The summed E-state index contributed by atoms with van der Waals surface area (Å²) in [5, 5.41) is 8.20. The first-order valence-electron chi connectivity index (χ1n) is 8.97. The Balaban J connectivity index is 1.66. The normalized spacial score (nSPS) is 12.0. The first-order valence-corrected chi connectivity index (χ1v) is 9.85. The van der Waals surface area contributed by atoms with Crippen molar-refractivity contribution in [1.29, 1.82) is 0 Å². The Morgan fingerprint density at radius 1 is 1.07 bits per heavy atom. The van der Waals surface area contributed by atoms with Gasteiger partial charge in [0.15, 0.2) is 5.78 Å². The lowest BCUT2D eigenvalue weighted by Crippen LogP contribution is -2.13. The highest BCUT2D eigenvalue weighted by atomic mass is 32.2. The highest BCUT2D eigenvalue weighted by molar-refractivity contribution is 8.00. The van der Waals surface area contributed by atoms with Crippen LogP contribution in [0.3, 0.4) is 0 Å². The molecule has 0 amide bonds. The molecule has 3 rings (SSSR count). The average molecular weight is 382 g/mol. The second kappa shape index (κ2) is 8.86. The van der Waals surface area contributed by atoms with E-state index in [2.05, 4.69) is 17.1 Å². The lowest BCUT2D eigenvalue weighted by molar-refractivity contribution is 0.0993. The molecule has 27 heavy (non-hydrogen) atoms. The molecule has 140 valence electrons. The summed E-state index contributed by atoms with van der Waals surface area (Å²) < 4.78 is 11.1. The molecule has 0 fully saturated rings. The third-order valence-electron chi connectivity index (χ3n) is 4.11. The number of aromatic nitrogens is 2. The molecule has 0 spiro atoms. The van der Waals surface area contributed by atoms with Crippen LogP contribution in [-0.2, 0) is 6.42 Å². The van der Waals surface area contributed by atoms with Gasteiger partial charge in [0, 0.05) is 11.1 Å². The summed E-state index contributed by atoms with van der Waals surface area (Å²) in [5.41, 5.74) is 2.72. The van der Waals surface area contributed by atoms with Crippen LogP contribution in [0.5, 0.6) is 5.75 Å². The highest BCUT2D eigenvalue weighted by Crippen LogP contribution is 2.28. The molecule has 0 N–H and O–H groups in total. The summed E-state index contributed by atoms with van der Waals surface area (Å²) in [5.74, 6) is 1.26. The van der Waals surface area contributed by atoms with Gasteiger partial charge in [-0.2, -0.15) is 0 Å². The molecule has 0 unspecified atom stereocenters. The van der Waals surface area contributed by atoms with E-state index in [1.54, 1.807) is 0 Å². The van der Waals surface area contributed by atoms with Gasteiger partial charge in [-0.15, -0.1) is 10.2 Å². The number of aryl methyl sites for hydroxylation is 1. The van der Waals surface area contributed by atoms with Crippen LogP contribution < -0.4 is 4.74 Å². The van der Waals surface area contributed by atoms with Gasteiger partial charge in [-0.25, -0.2) is 0 Å². The van der Waals surface area contributed by atoms with Crippen LogP contribution in [0.2, 0.25) is 0 Å². The maximum absolute atomic E-state index is 12.6. The minimum absolute atomic E-state index is 0.0449. The number of hydrogen-bond acceptors (Lipinski definition) is 6. The molecule has 0 saturated heterocycles. The van der Waals surface area contributed by atoms with Gasteiger partial charge in [0.1, 0.15) is 5.75 Å². The molecule has 0 saturated carbocycles. The van der Waals surface area contributed by atoms with E-state index in [1.165, 1.54) is 17.3 Å². The first kappa shape index (κ1) is 19.2. The fourth-order valence-electron chi connectivity index (χ4n) is 2.58. The minimum atomic E-state index is -0.314. The fourth-order valence-corrected chi connectivity index (χ4v) is 3.34. The molecule has 0 aliphatic carbocycles. The van der Waals surface area contributed by atoms with Gasteiger partial charge in [0.2, 0.25) is 5.89 Å². The van der Waals surface area contributed by atoms with Crippen LogP contribution in [0.15, 0.2) is 58.2 Å². The number of rotatable bonds is 8. The monoisotopic (exact) mass is 382 g/mol. The van der Waals surface area contributed by atoms with Crippen molar-refractivity contribution in [2.75, 3.05) is 6.61 Å². The lowest BCUT2D eigenvalue weighted by atomic mass is 10.1. The predicted molar refractivity (Wildman–Crippen MR) is 106 cm³/mol. The van der Waals surface area contributed by atoms with Crippen LogP contribution in [0.25, 0.3) is 11.5 Å². The van der Waals surface area contributed by atoms with E-state index < -0.39 is 0 Å². The number of hydrogen-bond donors (Lipinski definition) is 0. The quantitative estimate of drug-likeness (QED) is 0.401. The van der Waals surface area contributed by atoms with Gasteiger partial charge in [-0.1, -0.05) is 43.0 Å². The third kappa shape index (κ3) is 4.77. The van der Waals surface area contributed by atoms with Crippen LogP contribution in [0.1, 0.15) is 36.7 Å². The first-order chi connectivity index (χ1) is 13.1. The smallest absolute Gasteiger partial charge is 0.277 e. The molecular weight excluding hydrogens is 360 g/mol. The Hall–Kier alpha value is -2.60. The SMILES string of the molecule is CCOc1ccc(-c2nnc(S[C@@H](C)C(=O)c3ccc(CC)cc3)o2)cc1. The fraction of sp³-hybridized carbons (Fsp3) is 0.286. The molecule has 0 aliphatic heterocycles. The Kier molecular flexibility index (Phi) is 6.29. The number of thioether (sulfide) groups is 1.